The van der Waals surface area contributed by atoms with Crippen molar-refractivity contribution in [3.05, 3.63) is 66.0 Å². The average molecular weight is 385 g/mol. The van der Waals surface area contributed by atoms with Crippen LogP contribution in [0.3, 0.4) is 0 Å². The zero-order valence-electron chi connectivity index (χ0n) is 15.1. The summed E-state index contributed by atoms with van der Waals surface area (Å²) in [6, 6.07) is 15.7. The number of thioether (sulfide) groups is 1. The van der Waals surface area contributed by atoms with Crippen molar-refractivity contribution in [3.63, 3.8) is 0 Å². The minimum absolute atomic E-state index is 0.0261. The van der Waals surface area contributed by atoms with Crippen LogP contribution in [-0.4, -0.2) is 34.1 Å². The first-order chi connectivity index (χ1) is 13.1. The van der Waals surface area contributed by atoms with Crippen LogP contribution < -0.4 is 0 Å². The molecular weight excluding hydrogens is 365 g/mol. The highest BCUT2D eigenvalue weighted by Crippen LogP contribution is 2.37. The molecule has 1 amide bonds. The highest BCUT2D eigenvalue weighted by Gasteiger charge is 2.28. The second-order valence-electron chi connectivity index (χ2n) is 5.77. The number of benzene rings is 2. The molecule has 0 unspecified atom stereocenters. The molecule has 7 heteroatoms. The first-order valence-corrected chi connectivity index (χ1v) is 9.60. The number of halogens is 1. The molecule has 5 nitrogen and oxygen atoms in total. The summed E-state index contributed by atoms with van der Waals surface area (Å²) in [7, 11) is 0. The lowest BCUT2D eigenvalue weighted by atomic mass is 10.1. The van der Waals surface area contributed by atoms with Gasteiger partial charge in [0.1, 0.15) is 11.1 Å². The summed E-state index contributed by atoms with van der Waals surface area (Å²) >= 11 is 1.18. The maximum Gasteiger partial charge on any atom is 0.277 e. The van der Waals surface area contributed by atoms with Gasteiger partial charge in [0.2, 0.25) is 5.91 Å². The van der Waals surface area contributed by atoms with E-state index in [1.54, 1.807) is 23.1 Å². The topological polar surface area (TPSA) is 59.2 Å². The van der Waals surface area contributed by atoms with Crippen LogP contribution in [0.2, 0.25) is 0 Å². The summed E-state index contributed by atoms with van der Waals surface area (Å²) < 4.78 is 19.6. The Bertz CT molecular complexity index is 897. The molecule has 0 aliphatic heterocycles. The molecule has 1 aromatic heterocycles. The monoisotopic (exact) mass is 385 g/mol. The lowest BCUT2D eigenvalue weighted by Gasteiger charge is -2.24. The van der Waals surface area contributed by atoms with Gasteiger partial charge in [-0.1, -0.05) is 42.5 Å². The summed E-state index contributed by atoms with van der Waals surface area (Å²) in [6.45, 7) is 5.11. The third kappa shape index (κ3) is 4.36. The molecule has 1 heterocycles. The molecule has 0 fully saturated rings. The molecule has 0 spiro atoms. The molecule has 2 aromatic carbocycles. The minimum Gasteiger partial charge on any atom is -0.411 e. The quantitative estimate of drug-likeness (QED) is 0.557. The predicted octanol–water partition coefficient (Wildman–Crippen LogP) is 4.58. The normalized spacial score (nSPS) is 12.0. The van der Waals surface area contributed by atoms with E-state index in [0.717, 1.165) is 5.56 Å². The summed E-state index contributed by atoms with van der Waals surface area (Å²) in [4.78, 5) is 14.8. The molecule has 0 aliphatic rings. The Kier molecular flexibility index (Phi) is 6.24. The largest absolute Gasteiger partial charge is 0.411 e. The van der Waals surface area contributed by atoms with E-state index in [-0.39, 0.29) is 22.6 Å². The molecule has 0 N–H and O–H groups in total. The van der Waals surface area contributed by atoms with Gasteiger partial charge in [-0.3, -0.25) is 4.79 Å². The number of hydrogen-bond donors (Lipinski definition) is 0. The van der Waals surface area contributed by atoms with Gasteiger partial charge >= 0.3 is 0 Å². The van der Waals surface area contributed by atoms with Gasteiger partial charge in [-0.25, -0.2) is 4.39 Å². The van der Waals surface area contributed by atoms with Gasteiger partial charge in [0.15, 0.2) is 0 Å². The zero-order valence-corrected chi connectivity index (χ0v) is 15.9. The number of amides is 1. The lowest BCUT2D eigenvalue weighted by Crippen LogP contribution is -2.33. The summed E-state index contributed by atoms with van der Waals surface area (Å²) in [5.74, 6) is -0.365. The van der Waals surface area contributed by atoms with E-state index in [9.17, 15) is 9.18 Å². The minimum atomic E-state index is -0.514. The Morgan fingerprint density at radius 1 is 1.07 bits per heavy atom. The number of likely N-dealkylation sites (N-methyl/N-ethyl adjacent to an activating group) is 1. The highest BCUT2D eigenvalue weighted by molar-refractivity contribution is 8.00. The highest BCUT2D eigenvalue weighted by atomic mass is 32.2. The fourth-order valence-electron chi connectivity index (χ4n) is 2.69. The Morgan fingerprint density at radius 3 is 2.41 bits per heavy atom. The fraction of sp³-hybridized carbons (Fsp3) is 0.250. The van der Waals surface area contributed by atoms with Gasteiger partial charge in [-0.2, -0.15) is 0 Å². The molecule has 1 atom stereocenters. The standard InChI is InChI=1S/C20H20FN3O2S/c1-3-24(4-2)19(25)17(14-10-6-5-7-11-14)27-20-23-22-18(26-20)15-12-8-9-13-16(15)21/h5-13,17H,3-4H2,1-2H3/t17-/m1/s1. The number of nitrogens with zero attached hydrogens (tertiary/aromatic N) is 3. The molecule has 27 heavy (non-hydrogen) atoms. The lowest BCUT2D eigenvalue weighted by molar-refractivity contribution is -0.130. The van der Waals surface area contributed by atoms with Crippen LogP contribution in [0.4, 0.5) is 4.39 Å². The van der Waals surface area contributed by atoms with E-state index in [2.05, 4.69) is 10.2 Å². The first-order valence-electron chi connectivity index (χ1n) is 8.72. The predicted molar refractivity (Wildman–Crippen MR) is 103 cm³/mol. The van der Waals surface area contributed by atoms with Crippen molar-refractivity contribution in [2.45, 2.75) is 24.3 Å². The van der Waals surface area contributed by atoms with Crippen molar-refractivity contribution in [1.82, 2.24) is 15.1 Å². The van der Waals surface area contributed by atoms with E-state index in [4.69, 9.17) is 4.42 Å². The number of rotatable bonds is 7. The molecule has 0 bridgehead atoms. The summed E-state index contributed by atoms with van der Waals surface area (Å²) in [5.41, 5.74) is 1.09. The van der Waals surface area contributed by atoms with Gasteiger partial charge in [-0.15, -0.1) is 10.2 Å². The Morgan fingerprint density at radius 2 is 1.74 bits per heavy atom. The molecule has 3 aromatic rings. The smallest absolute Gasteiger partial charge is 0.277 e. The van der Waals surface area contributed by atoms with Gasteiger partial charge in [-0.05, 0) is 43.3 Å². The van der Waals surface area contributed by atoms with Crippen molar-refractivity contribution in [1.29, 1.82) is 0 Å². The van der Waals surface area contributed by atoms with Crippen molar-refractivity contribution in [2.75, 3.05) is 13.1 Å². The van der Waals surface area contributed by atoms with E-state index in [0.29, 0.717) is 13.1 Å². The molecular formula is C20H20FN3O2S. The van der Waals surface area contributed by atoms with Crippen molar-refractivity contribution in [3.8, 4) is 11.5 Å². The SMILES string of the molecule is CCN(CC)C(=O)[C@H](Sc1nnc(-c2ccccc2F)o1)c1ccccc1. The van der Waals surface area contributed by atoms with E-state index in [1.165, 1.54) is 17.8 Å². The Balaban J connectivity index is 1.89. The van der Waals surface area contributed by atoms with Crippen LogP contribution in [-0.2, 0) is 4.79 Å². The molecule has 0 aliphatic carbocycles. The zero-order chi connectivity index (χ0) is 19.2. The molecule has 0 radical (unpaired) electrons. The van der Waals surface area contributed by atoms with Crippen LogP contribution in [0.1, 0.15) is 24.7 Å². The van der Waals surface area contributed by atoms with E-state index < -0.39 is 11.1 Å². The Hall–Kier alpha value is -2.67. The Labute approximate surface area is 161 Å². The van der Waals surface area contributed by atoms with Gasteiger partial charge in [0, 0.05) is 13.1 Å². The summed E-state index contributed by atoms with van der Waals surface area (Å²) in [6.07, 6.45) is 0. The molecule has 0 saturated carbocycles. The van der Waals surface area contributed by atoms with Crippen LogP contribution in [0.25, 0.3) is 11.5 Å². The first kappa shape index (κ1) is 19.1. The van der Waals surface area contributed by atoms with Gasteiger partial charge < -0.3 is 9.32 Å². The van der Waals surface area contributed by atoms with Crippen molar-refractivity contribution < 1.29 is 13.6 Å². The van der Waals surface area contributed by atoms with E-state index >= 15 is 0 Å². The molecule has 3 rings (SSSR count). The maximum absolute atomic E-state index is 13.9. The van der Waals surface area contributed by atoms with E-state index in [1.807, 2.05) is 44.2 Å². The van der Waals surface area contributed by atoms with Crippen LogP contribution in [0, 0.1) is 5.82 Å². The second kappa shape index (κ2) is 8.81. The van der Waals surface area contributed by atoms with Gasteiger partial charge in [0.25, 0.3) is 11.1 Å². The molecule has 140 valence electrons. The number of aromatic nitrogens is 2. The molecule has 0 saturated heterocycles. The van der Waals surface area contributed by atoms with Crippen molar-refractivity contribution >= 4 is 17.7 Å². The maximum atomic E-state index is 13.9. The number of carbonyl (C=O) groups excluding carboxylic acids is 1. The van der Waals surface area contributed by atoms with Crippen LogP contribution >= 0.6 is 11.8 Å². The second-order valence-corrected chi connectivity index (χ2v) is 6.83. The van der Waals surface area contributed by atoms with Crippen LogP contribution in [0.15, 0.2) is 64.2 Å². The third-order valence-corrected chi connectivity index (χ3v) is 5.21. The van der Waals surface area contributed by atoms with Crippen LogP contribution in [0.5, 0.6) is 0 Å². The third-order valence-electron chi connectivity index (χ3n) is 4.13. The summed E-state index contributed by atoms with van der Waals surface area (Å²) in [5, 5.41) is 7.65. The van der Waals surface area contributed by atoms with Crippen molar-refractivity contribution in [2.24, 2.45) is 0 Å². The van der Waals surface area contributed by atoms with Gasteiger partial charge in [0.05, 0.1) is 5.56 Å². The fourth-order valence-corrected chi connectivity index (χ4v) is 3.65. The average Bonchev–Trinajstić information content (AvgIpc) is 3.16. The number of hydrogen-bond acceptors (Lipinski definition) is 5. The number of carbonyl (C=O) groups is 1.